The van der Waals surface area contributed by atoms with Crippen molar-refractivity contribution in [3.8, 4) is 0 Å². The van der Waals surface area contributed by atoms with Crippen molar-refractivity contribution < 1.29 is 35.9 Å². The highest BCUT2D eigenvalue weighted by molar-refractivity contribution is 5.95. The smallest absolute Gasteiger partial charge is 0.340 e. The molecule has 2 saturated heterocycles. The molecule has 2 atom stereocenters. The van der Waals surface area contributed by atoms with Crippen LogP contribution in [0.25, 0.3) is 0 Å². The predicted molar refractivity (Wildman–Crippen MR) is 148 cm³/mol. The number of hydrogen-bond donors (Lipinski definition) is 0. The Kier molecular flexibility index (Phi) is 8.82. The van der Waals surface area contributed by atoms with Crippen LogP contribution in [-0.2, 0) is 23.6 Å². The molecule has 5 nitrogen and oxygen atoms in total. The zero-order valence-electron chi connectivity index (χ0n) is 23.2. The monoisotopic (exact) mass is 603 g/mol. The fraction of sp³-hybridized carbons (Fsp3) is 0.375. The average molecular weight is 604 g/mol. The third-order valence-electron chi connectivity index (χ3n) is 8.26. The standard InChI is InChI=1S/C32H31F6N3O2/c33-31(34,35)25-18-24(19-26(20-25)32(36,37)38)30(43)41-12-11-28(27(21-41)23-9-5-2-6-10-23)39-13-15-40(16-14-39)29(42)17-22-7-3-1-4-8-22/h1-10,18-20,27-28H,11-17,21H2/t27-,28-/m1/s1. The van der Waals surface area contributed by atoms with Gasteiger partial charge in [-0.15, -0.1) is 0 Å². The molecule has 228 valence electrons. The summed E-state index contributed by atoms with van der Waals surface area (Å²) in [7, 11) is 0. The SMILES string of the molecule is O=C(Cc1ccccc1)N1CCN([C@@H]2CCN(C(=O)c3cc(C(F)(F)F)cc(C(F)(F)F)c3)C[C@@H]2c2ccccc2)CC1. The second kappa shape index (κ2) is 12.4. The summed E-state index contributed by atoms with van der Waals surface area (Å²) in [5.74, 6) is -1.05. The second-order valence-corrected chi connectivity index (χ2v) is 11.0. The quantitative estimate of drug-likeness (QED) is 0.331. The van der Waals surface area contributed by atoms with E-state index in [-0.39, 0.29) is 37.0 Å². The summed E-state index contributed by atoms with van der Waals surface area (Å²) in [6, 6.07) is 19.9. The molecule has 2 aliphatic heterocycles. The molecule has 3 aromatic rings. The van der Waals surface area contributed by atoms with Crippen LogP contribution in [0.15, 0.2) is 78.9 Å². The Morgan fingerprint density at radius 1 is 0.698 bits per heavy atom. The first-order valence-corrected chi connectivity index (χ1v) is 14.1. The van der Waals surface area contributed by atoms with Crippen molar-refractivity contribution >= 4 is 11.8 Å². The van der Waals surface area contributed by atoms with Crippen molar-refractivity contribution in [3.05, 3.63) is 107 Å². The maximum absolute atomic E-state index is 13.4. The summed E-state index contributed by atoms with van der Waals surface area (Å²) in [4.78, 5) is 31.8. The van der Waals surface area contributed by atoms with Gasteiger partial charge in [-0.25, -0.2) is 0 Å². The molecular weight excluding hydrogens is 572 g/mol. The lowest BCUT2D eigenvalue weighted by Crippen LogP contribution is -2.57. The van der Waals surface area contributed by atoms with Crippen LogP contribution in [0.2, 0.25) is 0 Å². The van der Waals surface area contributed by atoms with E-state index < -0.39 is 35.0 Å². The van der Waals surface area contributed by atoms with Gasteiger partial charge >= 0.3 is 12.4 Å². The normalized spacial score (nSPS) is 20.2. The van der Waals surface area contributed by atoms with Gasteiger partial charge in [0.15, 0.2) is 0 Å². The summed E-state index contributed by atoms with van der Waals surface area (Å²) in [5, 5.41) is 0. The molecule has 3 aromatic carbocycles. The molecule has 0 aliphatic carbocycles. The van der Waals surface area contributed by atoms with Gasteiger partial charge in [-0.3, -0.25) is 14.5 Å². The summed E-state index contributed by atoms with van der Waals surface area (Å²) in [5.41, 5.74) is -1.80. The summed E-state index contributed by atoms with van der Waals surface area (Å²) in [6.07, 6.45) is -9.28. The molecule has 43 heavy (non-hydrogen) atoms. The number of rotatable bonds is 5. The van der Waals surface area contributed by atoms with Crippen LogP contribution in [-0.4, -0.2) is 71.8 Å². The van der Waals surface area contributed by atoms with Crippen LogP contribution in [0.5, 0.6) is 0 Å². The number of hydrogen-bond acceptors (Lipinski definition) is 3. The highest BCUT2D eigenvalue weighted by Gasteiger charge is 2.40. The van der Waals surface area contributed by atoms with Gasteiger partial charge in [0.1, 0.15) is 0 Å². The number of carbonyl (C=O) groups excluding carboxylic acids is 2. The van der Waals surface area contributed by atoms with Crippen LogP contribution in [0, 0.1) is 0 Å². The lowest BCUT2D eigenvalue weighted by Gasteiger charge is -2.47. The van der Waals surface area contributed by atoms with E-state index in [1.807, 2.05) is 65.6 Å². The zero-order valence-corrected chi connectivity index (χ0v) is 23.2. The van der Waals surface area contributed by atoms with Crippen LogP contribution in [0.3, 0.4) is 0 Å². The van der Waals surface area contributed by atoms with Crippen LogP contribution in [0.1, 0.15) is 45.0 Å². The lowest BCUT2D eigenvalue weighted by molar-refractivity contribution is -0.143. The number of piperidine rings is 1. The van der Waals surface area contributed by atoms with E-state index in [9.17, 15) is 35.9 Å². The number of alkyl halides is 6. The highest BCUT2D eigenvalue weighted by Crippen LogP contribution is 2.38. The van der Waals surface area contributed by atoms with Gasteiger partial charge < -0.3 is 9.80 Å². The predicted octanol–water partition coefficient (Wildman–Crippen LogP) is 6.11. The minimum absolute atomic E-state index is 0.0231. The van der Waals surface area contributed by atoms with Gasteiger partial charge in [-0.05, 0) is 35.7 Å². The Bertz CT molecular complexity index is 1390. The van der Waals surface area contributed by atoms with E-state index in [0.717, 1.165) is 11.1 Å². The van der Waals surface area contributed by atoms with E-state index in [2.05, 4.69) is 4.90 Å². The molecule has 2 aliphatic rings. The number of piperazine rings is 1. The molecule has 0 spiro atoms. The second-order valence-electron chi connectivity index (χ2n) is 11.0. The molecule has 2 amide bonds. The molecule has 0 unspecified atom stereocenters. The van der Waals surface area contributed by atoms with Gasteiger partial charge in [-0.2, -0.15) is 26.3 Å². The van der Waals surface area contributed by atoms with Crippen molar-refractivity contribution in [1.29, 1.82) is 0 Å². The maximum Gasteiger partial charge on any atom is 0.416 e. The number of likely N-dealkylation sites (tertiary alicyclic amines) is 1. The van der Waals surface area contributed by atoms with E-state index >= 15 is 0 Å². The first-order chi connectivity index (χ1) is 20.4. The third-order valence-corrected chi connectivity index (χ3v) is 8.26. The maximum atomic E-state index is 13.4. The molecule has 0 saturated carbocycles. The minimum Gasteiger partial charge on any atom is -0.340 e. The van der Waals surface area contributed by atoms with Crippen molar-refractivity contribution in [1.82, 2.24) is 14.7 Å². The van der Waals surface area contributed by atoms with Crippen LogP contribution >= 0.6 is 0 Å². The Morgan fingerprint density at radius 2 is 1.26 bits per heavy atom. The molecule has 0 N–H and O–H groups in total. The van der Waals surface area contributed by atoms with Gasteiger partial charge in [0.2, 0.25) is 5.91 Å². The van der Waals surface area contributed by atoms with Crippen molar-refractivity contribution in [2.24, 2.45) is 0 Å². The molecule has 2 fully saturated rings. The Morgan fingerprint density at radius 3 is 1.81 bits per heavy atom. The van der Waals surface area contributed by atoms with Crippen LogP contribution in [0.4, 0.5) is 26.3 Å². The van der Waals surface area contributed by atoms with Crippen molar-refractivity contribution in [2.75, 3.05) is 39.3 Å². The van der Waals surface area contributed by atoms with E-state index in [1.165, 1.54) is 4.90 Å². The fourth-order valence-corrected chi connectivity index (χ4v) is 6.04. The fourth-order valence-electron chi connectivity index (χ4n) is 6.04. The van der Waals surface area contributed by atoms with E-state index in [1.54, 1.807) is 0 Å². The van der Waals surface area contributed by atoms with Gasteiger partial charge in [-0.1, -0.05) is 60.7 Å². The highest BCUT2D eigenvalue weighted by atomic mass is 19.4. The molecule has 2 heterocycles. The van der Waals surface area contributed by atoms with Gasteiger partial charge in [0.25, 0.3) is 5.91 Å². The van der Waals surface area contributed by atoms with Crippen molar-refractivity contribution in [2.45, 2.75) is 37.2 Å². The number of amides is 2. The lowest BCUT2D eigenvalue weighted by atomic mass is 9.84. The molecular formula is C32H31F6N3O2. The Labute approximate surface area is 245 Å². The number of halogens is 6. The van der Waals surface area contributed by atoms with Gasteiger partial charge in [0, 0.05) is 56.8 Å². The average Bonchev–Trinajstić information content (AvgIpc) is 3.00. The first kappa shape index (κ1) is 30.6. The minimum atomic E-state index is -5.04. The Balaban J connectivity index is 1.32. The summed E-state index contributed by atoms with van der Waals surface area (Å²) < 4.78 is 80.7. The summed E-state index contributed by atoms with van der Waals surface area (Å²) in [6.45, 7) is 2.62. The zero-order chi connectivity index (χ0) is 30.8. The molecule has 0 aromatic heterocycles. The summed E-state index contributed by atoms with van der Waals surface area (Å²) >= 11 is 0. The van der Waals surface area contributed by atoms with Crippen molar-refractivity contribution in [3.63, 3.8) is 0 Å². The largest absolute Gasteiger partial charge is 0.416 e. The molecule has 5 rings (SSSR count). The third kappa shape index (κ3) is 7.21. The van der Waals surface area contributed by atoms with E-state index in [4.69, 9.17) is 0 Å². The number of benzene rings is 3. The van der Waals surface area contributed by atoms with E-state index in [0.29, 0.717) is 51.2 Å². The topological polar surface area (TPSA) is 43.9 Å². The Hall–Kier alpha value is -3.86. The van der Waals surface area contributed by atoms with Crippen LogP contribution < -0.4 is 0 Å². The number of nitrogens with zero attached hydrogens (tertiary/aromatic N) is 3. The molecule has 0 radical (unpaired) electrons. The number of carbonyl (C=O) groups is 2. The van der Waals surface area contributed by atoms with Gasteiger partial charge in [0.05, 0.1) is 17.5 Å². The molecule has 11 heteroatoms. The first-order valence-electron chi connectivity index (χ1n) is 14.1. The molecule has 0 bridgehead atoms.